The van der Waals surface area contributed by atoms with Crippen LogP contribution in [0.25, 0.3) is 0 Å². The minimum atomic E-state index is -0.888. The molecule has 0 heterocycles. The number of allylic oxidation sites excluding steroid dienone is 20. The zero-order valence-corrected chi connectivity index (χ0v) is 43.1. The summed E-state index contributed by atoms with van der Waals surface area (Å²) in [4.78, 5) is 37.2. The Hall–Kier alpha value is -4.27. The Balaban J connectivity index is 4.37. The molecule has 1 N–H and O–H groups in total. The van der Waals surface area contributed by atoms with Gasteiger partial charge in [-0.1, -0.05) is 187 Å². The molecule has 0 spiro atoms. The fourth-order valence-electron chi connectivity index (χ4n) is 6.92. The summed E-state index contributed by atoms with van der Waals surface area (Å²) in [7, 11) is 5.51. The smallest absolute Gasteiger partial charge is 0.362 e. The third-order valence-electron chi connectivity index (χ3n) is 10.9. The van der Waals surface area contributed by atoms with Gasteiger partial charge in [0.05, 0.1) is 34.4 Å². The summed E-state index contributed by atoms with van der Waals surface area (Å²) < 4.78 is 17.3. The van der Waals surface area contributed by atoms with Gasteiger partial charge in [-0.05, 0) is 96.3 Å². The maximum atomic E-state index is 12.8. The highest BCUT2D eigenvalue weighted by molar-refractivity contribution is 5.72. The molecule has 0 amide bonds. The van der Waals surface area contributed by atoms with Crippen molar-refractivity contribution in [2.45, 2.75) is 193 Å². The summed E-state index contributed by atoms with van der Waals surface area (Å²) >= 11 is 0. The van der Waals surface area contributed by atoms with E-state index in [0.717, 1.165) is 89.9 Å². The van der Waals surface area contributed by atoms with Crippen LogP contribution in [0.4, 0.5) is 0 Å². The van der Waals surface area contributed by atoms with Crippen LogP contribution in [-0.2, 0) is 28.6 Å². The molecule has 0 saturated carbocycles. The first-order valence-electron chi connectivity index (χ1n) is 26.1. The number of nitrogens with zero attached hydrogens (tertiary/aromatic N) is 1. The SMILES string of the molecule is CC/C=C/C/C=C/C/C=C/C/C=C/C/C=C/C/C=C/C/C=C/CCCC(=O)OCC(COCCC(C(=O)O)[N+](C)(C)C)OC(=O)CCCCCCCCCCCC/C=C/C/C=C/C/C=C/CC. The van der Waals surface area contributed by atoms with Crippen LogP contribution >= 0.6 is 0 Å². The summed E-state index contributed by atoms with van der Waals surface area (Å²) in [6, 6.07) is -0.632. The number of likely N-dealkylation sites (N-methyl/N-ethyl adjacent to an activating group) is 1. The first kappa shape index (κ1) is 62.7. The van der Waals surface area contributed by atoms with Crippen LogP contribution in [0.3, 0.4) is 0 Å². The number of carbonyl (C=O) groups is 3. The largest absolute Gasteiger partial charge is 0.477 e. The van der Waals surface area contributed by atoms with E-state index in [0.29, 0.717) is 19.3 Å². The molecule has 0 rings (SSSR count). The summed E-state index contributed by atoms with van der Waals surface area (Å²) in [5, 5.41) is 9.66. The maximum absolute atomic E-state index is 12.8. The van der Waals surface area contributed by atoms with Crippen LogP contribution in [0.2, 0.25) is 0 Å². The minimum Gasteiger partial charge on any atom is -0.477 e. The molecule has 8 heteroatoms. The molecule has 0 aliphatic rings. The Kier molecular flexibility index (Phi) is 45.1. The van der Waals surface area contributed by atoms with E-state index in [1.54, 1.807) is 0 Å². The van der Waals surface area contributed by atoms with Crippen LogP contribution in [0.1, 0.15) is 181 Å². The lowest BCUT2D eigenvalue weighted by atomic mass is 10.0. The van der Waals surface area contributed by atoms with Gasteiger partial charge in [0, 0.05) is 19.3 Å². The molecule has 0 saturated heterocycles. The fourth-order valence-corrected chi connectivity index (χ4v) is 6.92. The number of quaternary nitrogens is 1. The van der Waals surface area contributed by atoms with E-state index < -0.39 is 18.1 Å². The van der Waals surface area contributed by atoms with Crippen LogP contribution in [0.5, 0.6) is 0 Å². The second kappa shape index (κ2) is 48.2. The van der Waals surface area contributed by atoms with Crippen molar-refractivity contribution in [1.29, 1.82) is 0 Å². The molecule has 0 fully saturated rings. The normalized spacial score (nSPS) is 13.9. The lowest BCUT2D eigenvalue weighted by Crippen LogP contribution is -2.50. The number of carbonyl (C=O) groups excluding carboxylic acids is 2. The minimum absolute atomic E-state index is 0.0333. The van der Waals surface area contributed by atoms with E-state index in [9.17, 15) is 19.5 Å². The summed E-state index contributed by atoms with van der Waals surface area (Å²) in [5.74, 6) is -1.56. The van der Waals surface area contributed by atoms with E-state index in [-0.39, 0.29) is 42.7 Å². The molecule has 0 aliphatic heterocycles. The van der Waals surface area contributed by atoms with Crippen molar-refractivity contribution in [3.05, 3.63) is 122 Å². The van der Waals surface area contributed by atoms with Gasteiger partial charge in [-0.2, -0.15) is 0 Å². The highest BCUT2D eigenvalue weighted by Crippen LogP contribution is 2.14. The second-order valence-electron chi connectivity index (χ2n) is 18.0. The zero-order valence-electron chi connectivity index (χ0n) is 43.1. The van der Waals surface area contributed by atoms with Crippen molar-refractivity contribution in [2.75, 3.05) is 41.0 Å². The molecule has 2 unspecified atom stereocenters. The summed E-state index contributed by atoms with van der Waals surface area (Å²) in [6.45, 7) is 4.44. The Morgan fingerprint density at radius 3 is 1.21 bits per heavy atom. The number of hydrogen-bond acceptors (Lipinski definition) is 6. The maximum Gasteiger partial charge on any atom is 0.362 e. The first-order chi connectivity index (χ1) is 32.6. The summed E-state index contributed by atoms with van der Waals surface area (Å²) in [6.07, 6.45) is 68.3. The predicted octanol–water partition coefficient (Wildman–Crippen LogP) is 15.4. The van der Waals surface area contributed by atoms with Crippen LogP contribution in [0, 0.1) is 0 Å². The second-order valence-corrected chi connectivity index (χ2v) is 18.0. The van der Waals surface area contributed by atoms with Gasteiger partial charge < -0.3 is 23.8 Å². The number of ether oxygens (including phenoxy) is 3. The highest BCUT2D eigenvalue weighted by atomic mass is 16.6. The van der Waals surface area contributed by atoms with E-state index in [1.807, 2.05) is 21.1 Å². The number of unbranched alkanes of at least 4 members (excludes halogenated alkanes) is 11. The lowest BCUT2D eigenvalue weighted by Gasteiger charge is -2.31. The molecule has 0 bridgehead atoms. The Labute approximate surface area is 410 Å². The number of carboxylic acid groups (broad SMARTS) is 1. The third-order valence-corrected chi connectivity index (χ3v) is 10.9. The summed E-state index contributed by atoms with van der Waals surface area (Å²) in [5.41, 5.74) is 0. The number of esters is 2. The van der Waals surface area contributed by atoms with Gasteiger partial charge in [0.2, 0.25) is 0 Å². The average Bonchev–Trinajstić information content (AvgIpc) is 3.29. The van der Waals surface area contributed by atoms with Crippen molar-refractivity contribution in [3.63, 3.8) is 0 Å². The van der Waals surface area contributed by atoms with Gasteiger partial charge in [0.1, 0.15) is 6.61 Å². The molecule has 0 aromatic rings. The average molecular weight is 931 g/mol. The Morgan fingerprint density at radius 1 is 0.448 bits per heavy atom. The van der Waals surface area contributed by atoms with Gasteiger partial charge in [-0.3, -0.25) is 9.59 Å². The molecule has 2 atom stereocenters. The molecule has 0 radical (unpaired) electrons. The fraction of sp³-hybridized carbons (Fsp3) is 0.610. The van der Waals surface area contributed by atoms with Crippen molar-refractivity contribution >= 4 is 17.9 Å². The molecular formula is C59H96NO7+. The van der Waals surface area contributed by atoms with Crippen LogP contribution in [-0.4, -0.2) is 80.6 Å². The molecule has 67 heavy (non-hydrogen) atoms. The van der Waals surface area contributed by atoms with E-state index in [2.05, 4.69) is 135 Å². The van der Waals surface area contributed by atoms with Crippen molar-refractivity contribution in [1.82, 2.24) is 0 Å². The first-order valence-corrected chi connectivity index (χ1v) is 26.1. The van der Waals surface area contributed by atoms with E-state index in [1.165, 1.54) is 51.4 Å². The molecule has 378 valence electrons. The van der Waals surface area contributed by atoms with E-state index >= 15 is 0 Å². The molecule has 8 nitrogen and oxygen atoms in total. The van der Waals surface area contributed by atoms with Crippen molar-refractivity contribution in [2.24, 2.45) is 0 Å². The van der Waals surface area contributed by atoms with Crippen molar-refractivity contribution in [3.8, 4) is 0 Å². The highest BCUT2D eigenvalue weighted by Gasteiger charge is 2.31. The lowest BCUT2D eigenvalue weighted by molar-refractivity contribution is -0.887. The molecule has 0 aromatic carbocycles. The Morgan fingerprint density at radius 2 is 0.806 bits per heavy atom. The monoisotopic (exact) mass is 931 g/mol. The topological polar surface area (TPSA) is 99.1 Å². The van der Waals surface area contributed by atoms with Gasteiger partial charge in [0.15, 0.2) is 12.1 Å². The van der Waals surface area contributed by atoms with Gasteiger partial charge in [0.25, 0.3) is 0 Å². The van der Waals surface area contributed by atoms with Crippen LogP contribution in [0.15, 0.2) is 122 Å². The standard InChI is InChI=1S/C59H95NO7/c1-6-8-10-12-14-16-18-20-22-24-26-28-29-30-32-33-35-37-39-41-43-45-47-49-57(61)66-54-55(53-65-52-51-56(59(63)64)60(3,4)5)67-58(62)50-48-46-44-42-40-38-36-34-31-27-25-23-21-19-17-15-13-11-9-7-2/h8-11,14-17,20-23,26,28,30,32,35,37,41,43,55-56H,6-7,12-13,18-19,24-25,27,29,31,33-34,36,38-40,42,44-54H2,1-5H3/p+1/b10-8+,11-9+,16-14+,17-15+,22-20+,23-21+,28-26+,32-30+,37-35+,43-41+. The number of hydrogen-bond donors (Lipinski definition) is 1. The quantitative estimate of drug-likeness (QED) is 0.0281. The van der Waals surface area contributed by atoms with E-state index in [4.69, 9.17) is 14.2 Å². The predicted molar refractivity (Wildman–Crippen MR) is 284 cm³/mol. The number of aliphatic carboxylic acids is 1. The van der Waals surface area contributed by atoms with Crippen molar-refractivity contribution < 1.29 is 38.2 Å². The van der Waals surface area contributed by atoms with Crippen LogP contribution < -0.4 is 0 Å². The van der Waals surface area contributed by atoms with Gasteiger partial charge in [-0.25, -0.2) is 4.79 Å². The zero-order chi connectivity index (χ0) is 49.2. The number of rotatable bonds is 45. The Bertz CT molecular complexity index is 1500. The molecular weight excluding hydrogens is 835 g/mol. The molecule has 0 aromatic heterocycles. The molecule has 0 aliphatic carbocycles. The van der Waals surface area contributed by atoms with Gasteiger partial charge >= 0.3 is 17.9 Å². The third kappa shape index (κ3) is 46.6. The van der Waals surface area contributed by atoms with Gasteiger partial charge in [-0.15, -0.1) is 0 Å². The number of carboxylic acids is 1.